The van der Waals surface area contributed by atoms with Crippen molar-refractivity contribution in [3.8, 4) is 11.4 Å². The highest BCUT2D eigenvalue weighted by molar-refractivity contribution is 6.30. The van der Waals surface area contributed by atoms with Gasteiger partial charge >= 0.3 is 0 Å². The summed E-state index contributed by atoms with van der Waals surface area (Å²) in [5.74, 6) is -1.60. The van der Waals surface area contributed by atoms with Gasteiger partial charge in [0.2, 0.25) is 0 Å². The first-order valence-electron chi connectivity index (χ1n) is 11.4. The van der Waals surface area contributed by atoms with E-state index in [1.807, 2.05) is 0 Å². The van der Waals surface area contributed by atoms with Crippen LogP contribution >= 0.6 is 11.6 Å². The number of H-pyrrole nitrogens is 1. The van der Waals surface area contributed by atoms with E-state index in [0.29, 0.717) is 11.1 Å². The van der Waals surface area contributed by atoms with Crippen LogP contribution in [0.5, 0.6) is 0 Å². The van der Waals surface area contributed by atoms with E-state index in [1.165, 1.54) is 67.0 Å². The smallest absolute Gasteiger partial charge is 0.275 e. The third-order valence-electron chi connectivity index (χ3n) is 6.28. The molecule has 7 nitrogen and oxygen atoms in total. The van der Waals surface area contributed by atoms with Crippen molar-refractivity contribution in [2.45, 2.75) is 44.2 Å². The summed E-state index contributed by atoms with van der Waals surface area (Å²) in [5, 5.41) is 18.2. The van der Waals surface area contributed by atoms with Gasteiger partial charge < -0.3 is 15.4 Å². The molecular formula is C26H23ClF2N4O3. The molecule has 1 unspecified atom stereocenters. The monoisotopic (exact) mass is 512 g/mol. The van der Waals surface area contributed by atoms with Crippen molar-refractivity contribution in [2.75, 3.05) is 0 Å². The number of carbonyl (C=O) groups is 1. The number of hydrogen-bond acceptors (Lipinski definition) is 4. The van der Waals surface area contributed by atoms with Crippen LogP contribution in [0.3, 0.4) is 0 Å². The Labute approximate surface area is 209 Å². The predicted octanol–water partition coefficient (Wildman–Crippen LogP) is 4.74. The molecule has 1 amide bonds. The number of benzene rings is 2. The van der Waals surface area contributed by atoms with Crippen LogP contribution in [0.1, 0.15) is 60.1 Å². The van der Waals surface area contributed by atoms with Gasteiger partial charge in [-0.1, -0.05) is 23.7 Å². The maximum atomic E-state index is 14.4. The number of carbonyl (C=O) groups excluding carboxylic acids is 1. The summed E-state index contributed by atoms with van der Waals surface area (Å²) in [5.41, 5.74) is -0.368. The van der Waals surface area contributed by atoms with E-state index < -0.39 is 34.7 Å². The molecule has 5 rings (SSSR count). The van der Waals surface area contributed by atoms with Gasteiger partial charge in [0.1, 0.15) is 17.2 Å². The number of amides is 1. The van der Waals surface area contributed by atoms with Crippen LogP contribution < -0.4 is 10.9 Å². The number of hydrogen-bond donors (Lipinski definition) is 3. The van der Waals surface area contributed by atoms with Gasteiger partial charge in [-0.3, -0.25) is 9.59 Å². The molecule has 2 heterocycles. The first-order chi connectivity index (χ1) is 17.0. The predicted molar refractivity (Wildman–Crippen MR) is 131 cm³/mol. The largest absolute Gasteiger partial charge is 0.388 e. The summed E-state index contributed by atoms with van der Waals surface area (Å²) in [6.45, 7) is 3.08. The molecule has 4 aromatic rings. The van der Waals surface area contributed by atoms with Crippen molar-refractivity contribution < 1.29 is 18.7 Å². The fourth-order valence-electron chi connectivity index (χ4n) is 4.41. The number of nitrogens with zero attached hydrogens (tertiary/aromatic N) is 2. The Bertz CT molecular complexity index is 1540. The van der Waals surface area contributed by atoms with Crippen molar-refractivity contribution in [3.63, 3.8) is 0 Å². The highest BCUT2D eigenvalue weighted by Crippen LogP contribution is 2.44. The lowest BCUT2D eigenvalue weighted by molar-refractivity contribution is 0.0343. The first kappa shape index (κ1) is 24.1. The fraction of sp³-hybridized carbons (Fsp3) is 0.269. The Morgan fingerprint density at radius 1 is 1.22 bits per heavy atom. The number of nitrogens with one attached hydrogen (secondary N) is 2. The maximum absolute atomic E-state index is 14.4. The summed E-state index contributed by atoms with van der Waals surface area (Å²) >= 11 is 6.00. The van der Waals surface area contributed by atoms with E-state index in [-0.39, 0.29) is 33.4 Å². The second kappa shape index (κ2) is 8.83. The Balaban J connectivity index is 1.59. The number of fused-ring (bicyclic) bond motifs is 1. The molecular weight excluding hydrogens is 490 g/mol. The van der Waals surface area contributed by atoms with Crippen molar-refractivity contribution in [3.05, 3.63) is 92.4 Å². The highest BCUT2D eigenvalue weighted by atomic mass is 35.5. The van der Waals surface area contributed by atoms with Gasteiger partial charge in [-0.2, -0.15) is 0 Å². The van der Waals surface area contributed by atoms with Gasteiger partial charge in [0.25, 0.3) is 11.5 Å². The molecule has 36 heavy (non-hydrogen) atoms. The van der Waals surface area contributed by atoms with E-state index >= 15 is 0 Å². The summed E-state index contributed by atoms with van der Waals surface area (Å²) in [4.78, 5) is 29.2. The van der Waals surface area contributed by atoms with Crippen LogP contribution in [0, 0.1) is 11.6 Å². The van der Waals surface area contributed by atoms with Crippen molar-refractivity contribution in [2.24, 2.45) is 0 Å². The fourth-order valence-corrected chi connectivity index (χ4v) is 4.58. The van der Waals surface area contributed by atoms with Crippen LogP contribution in [-0.4, -0.2) is 31.2 Å². The molecule has 0 saturated heterocycles. The Morgan fingerprint density at radius 3 is 2.56 bits per heavy atom. The Kier molecular flexibility index (Phi) is 5.92. The van der Waals surface area contributed by atoms with Gasteiger partial charge in [-0.25, -0.2) is 13.3 Å². The lowest BCUT2D eigenvalue weighted by Gasteiger charge is -2.30. The zero-order valence-electron chi connectivity index (χ0n) is 19.5. The Hall–Kier alpha value is -3.56. The molecule has 1 saturated carbocycles. The van der Waals surface area contributed by atoms with Crippen LogP contribution in [0.2, 0.25) is 5.02 Å². The molecule has 1 aliphatic rings. The summed E-state index contributed by atoms with van der Waals surface area (Å²) < 4.78 is 29.2. The molecule has 0 bridgehead atoms. The molecule has 2 aromatic heterocycles. The average Bonchev–Trinajstić information content (AvgIpc) is 3.58. The SMILES string of the molecule is CC(C)(O)C(NC(=O)c1cn2nc(-c3cc(Cl)ccc3F)[nH]c(=O)c2c1C1CC1)c1ccc(F)cc1. The highest BCUT2D eigenvalue weighted by Gasteiger charge is 2.36. The standard InChI is InChI=1S/C26H23ClF2N4O3/c1-26(2,36)22(14-5-8-16(28)9-6-14)30-24(34)18-12-33-21(20(18)13-3-4-13)25(35)31-23(32-33)17-11-15(27)7-10-19(17)29/h5-13,22,36H,3-4H2,1-2H3,(H,30,34)(H,31,32,35). The molecule has 3 N–H and O–H groups in total. The molecule has 186 valence electrons. The second-order valence-corrected chi connectivity index (χ2v) is 10.00. The van der Waals surface area contributed by atoms with E-state index in [2.05, 4.69) is 15.4 Å². The first-order valence-corrected chi connectivity index (χ1v) is 11.8. The number of aromatic nitrogens is 3. The third kappa shape index (κ3) is 4.52. The number of aromatic amines is 1. The Morgan fingerprint density at radius 2 is 1.92 bits per heavy atom. The van der Waals surface area contributed by atoms with Gasteiger partial charge in [0, 0.05) is 16.8 Å². The molecule has 1 fully saturated rings. The van der Waals surface area contributed by atoms with Crippen LogP contribution in [0.4, 0.5) is 8.78 Å². The molecule has 1 aliphatic carbocycles. The third-order valence-corrected chi connectivity index (χ3v) is 6.51. The van der Waals surface area contributed by atoms with Crippen molar-refractivity contribution in [1.82, 2.24) is 19.9 Å². The molecule has 1 atom stereocenters. The van der Waals surface area contributed by atoms with Gasteiger partial charge in [-0.05, 0) is 68.5 Å². The number of halogens is 3. The molecule has 10 heteroatoms. The van der Waals surface area contributed by atoms with Gasteiger partial charge in [0.15, 0.2) is 5.82 Å². The van der Waals surface area contributed by atoms with E-state index in [9.17, 15) is 23.5 Å². The minimum Gasteiger partial charge on any atom is -0.388 e. The molecule has 0 aliphatic heterocycles. The summed E-state index contributed by atoms with van der Waals surface area (Å²) in [7, 11) is 0. The van der Waals surface area contributed by atoms with Crippen LogP contribution in [0.15, 0.2) is 53.5 Å². The van der Waals surface area contributed by atoms with Crippen LogP contribution in [-0.2, 0) is 0 Å². The minimum atomic E-state index is -1.38. The quantitative estimate of drug-likeness (QED) is 0.347. The zero-order chi connectivity index (χ0) is 25.8. The van der Waals surface area contributed by atoms with Crippen molar-refractivity contribution >= 4 is 23.0 Å². The maximum Gasteiger partial charge on any atom is 0.275 e. The summed E-state index contributed by atoms with van der Waals surface area (Å²) in [6.07, 6.45) is 3.04. The molecule has 0 spiro atoms. The van der Waals surface area contributed by atoms with Crippen molar-refractivity contribution in [1.29, 1.82) is 0 Å². The lowest BCUT2D eigenvalue weighted by Crippen LogP contribution is -2.42. The van der Waals surface area contributed by atoms with E-state index in [1.54, 1.807) is 0 Å². The van der Waals surface area contributed by atoms with Gasteiger partial charge in [-0.15, -0.1) is 5.10 Å². The normalized spacial score (nSPS) is 14.7. The number of rotatable bonds is 6. The van der Waals surface area contributed by atoms with Gasteiger partial charge in [0.05, 0.1) is 22.8 Å². The molecule has 0 radical (unpaired) electrons. The average molecular weight is 513 g/mol. The number of aliphatic hydroxyl groups is 1. The minimum absolute atomic E-state index is 0.00110. The zero-order valence-corrected chi connectivity index (χ0v) is 20.2. The van der Waals surface area contributed by atoms with E-state index in [4.69, 9.17) is 11.6 Å². The lowest BCUT2D eigenvalue weighted by atomic mass is 9.91. The second-order valence-electron chi connectivity index (χ2n) is 9.56. The molecule has 2 aromatic carbocycles. The van der Waals surface area contributed by atoms with E-state index in [0.717, 1.165) is 12.8 Å². The topological polar surface area (TPSA) is 99.5 Å². The van der Waals surface area contributed by atoms with Crippen LogP contribution in [0.25, 0.3) is 16.9 Å². The summed E-state index contributed by atoms with van der Waals surface area (Å²) in [6, 6.07) is 8.56.